The molecule has 1 aliphatic carbocycles. The average molecular weight is 1880 g/mol. The molecule has 0 aromatic heterocycles. The first kappa shape index (κ1) is 113. The van der Waals surface area contributed by atoms with Gasteiger partial charge in [0.05, 0.1) is 0 Å². The number of fused-ring (bicyclic) bond motifs is 4. The standard InChI is InChI=1S/3C21H23.C18H17.2C2H6N.4C2H5O.4CH3.2Hf.Ti.Zr/c3*1-5-15-13-17-7-6-8-19(20(17)14-15)16-9-11-18(12-10-16)21(2,3)4;1-2-7-14-12-16-10-6-11-17(18(16)13-14)15-8-4-3-5-9-15;2*1-3-2;4*1-2-3;;;;;;;;/h6-12H,5,14H2,1-4H3;2*6-14H,5H2,1-4H3;3-6,8-13H,2,7H2,1H3;2*1-2H3;4*2-3H,1H3;4*1H3;;;;/q14*-1;;;+4;+2. The Morgan fingerprint density at radius 3 is 0.944 bits per heavy atom. The van der Waals surface area contributed by atoms with Gasteiger partial charge in [-0.3, -0.25) is 0 Å². The number of hydrogen-bond acceptors (Lipinski definition) is 4. The summed E-state index contributed by atoms with van der Waals surface area (Å²) in [5, 5.41) is 45.0. The van der Waals surface area contributed by atoms with E-state index in [-0.39, 0.29) is 146 Å². The van der Waals surface area contributed by atoms with E-state index >= 15 is 0 Å². The number of aliphatic hydroxyl groups excluding tert-OH is 4. The second kappa shape index (κ2) is 60.1. The number of aliphatic hydroxyl groups is 4. The average Bonchev–Trinajstić information content (AvgIpc) is 1.72. The van der Waals surface area contributed by atoms with Crippen molar-refractivity contribution >= 4 is 32.3 Å². The fraction of sp³-hybridized carbons (Fsp3) is 0.309. The third-order valence-corrected chi connectivity index (χ3v) is 16.4. The molecule has 0 saturated carbocycles. The fourth-order valence-electron chi connectivity index (χ4n) is 11.4. The van der Waals surface area contributed by atoms with Crippen LogP contribution in [0.1, 0.15) is 175 Å². The van der Waals surface area contributed by atoms with Gasteiger partial charge in [-0.25, -0.2) is 26.4 Å². The van der Waals surface area contributed by atoms with Crippen molar-refractivity contribution < 1.29 is 120 Å². The van der Waals surface area contributed by atoms with Crippen LogP contribution in [0.4, 0.5) is 0 Å². The maximum absolute atomic E-state index is 7.44. The Kier molecular flexibility index (Phi) is 63.7. The number of allylic oxidation sites excluding steroid dienone is 1. The molecule has 12 rings (SSSR count). The molecule has 0 aliphatic heterocycles. The van der Waals surface area contributed by atoms with Gasteiger partial charge in [-0.15, -0.1) is 121 Å². The van der Waals surface area contributed by atoms with Gasteiger partial charge in [0.1, 0.15) is 0 Å². The molecule has 0 atom stereocenters. The molecule has 11 aromatic rings. The molecule has 11 aromatic carbocycles. The maximum atomic E-state index is 7.44. The van der Waals surface area contributed by atoms with E-state index in [0.29, 0.717) is 0 Å². The van der Waals surface area contributed by atoms with E-state index in [9.17, 15) is 0 Å². The molecule has 0 unspecified atom stereocenters. The van der Waals surface area contributed by atoms with Gasteiger partial charge in [-0.1, -0.05) is 252 Å². The van der Waals surface area contributed by atoms with Crippen LogP contribution in [0.2, 0.25) is 0 Å². The van der Waals surface area contributed by atoms with Crippen molar-refractivity contribution in [3.63, 3.8) is 0 Å². The third-order valence-electron chi connectivity index (χ3n) is 16.4. The predicted octanol–water partition coefficient (Wildman–Crippen LogP) is 28.2. The van der Waals surface area contributed by atoms with Gasteiger partial charge >= 0.3 is 47.9 Å². The quantitative estimate of drug-likeness (QED) is 0.0853. The van der Waals surface area contributed by atoms with E-state index in [4.69, 9.17) is 20.4 Å². The Morgan fingerprint density at radius 2 is 0.654 bits per heavy atom. The van der Waals surface area contributed by atoms with Gasteiger partial charge in [0, 0.05) is 51.7 Å². The molecular weight excluding hydrogens is 1750 g/mol. The summed E-state index contributed by atoms with van der Waals surface area (Å²) in [6.07, 6.45) is 10.3. The molecule has 0 spiro atoms. The van der Waals surface area contributed by atoms with Crippen molar-refractivity contribution in [2.24, 2.45) is 0 Å². The monoisotopic (exact) mass is 1880 g/mol. The zero-order chi connectivity index (χ0) is 73.7. The summed E-state index contributed by atoms with van der Waals surface area (Å²) < 4.78 is 0. The Balaban J connectivity index is -0.000000288. The summed E-state index contributed by atoms with van der Waals surface area (Å²) in [6.45, 7) is 39.4. The number of nitrogens with zero attached hydrogens (tertiary/aromatic N) is 2. The number of aryl methyl sites for hydroxylation is 3. The molecule has 1 aliphatic rings. The van der Waals surface area contributed by atoms with Crippen LogP contribution in [0.25, 0.3) is 87.5 Å². The van der Waals surface area contributed by atoms with Crippen molar-refractivity contribution in [1.29, 1.82) is 0 Å². The number of rotatable bonds is 9. The summed E-state index contributed by atoms with van der Waals surface area (Å²) >= 11 is 0. The largest absolute Gasteiger partial charge is 4.00 e. The summed E-state index contributed by atoms with van der Waals surface area (Å²) in [7, 11) is 7.00. The second-order valence-electron chi connectivity index (χ2n) is 27.3. The molecule has 0 saturated heterocycles. The van der Waals surface area contributed by atoms with Crippen molar-refractivity contribution in [2.75, 3.05) is 28.2 Å². The van der Waals surface area contributed by atoms with Crippen LogP contribution < -0.4 is 0 Å². The first-order valence-corrected chi connectivity index (χ1v) is 35.1. The zero-order valence-corrected chi connectivity index (χ0v) is 81.1. The van der Waals surface area contributed by atoms with Gasteiger partial charge in [0.2, 0.25) is 0 Å². The molecule has 4 N–H and O–H groups in total. The SMILES string of the molecule is CCC1=[C-]c2cccc(-c3ccc(C(C)(C)C)cc3)c2C1.CCCc1cc2c(-c3ccccc3)cccc2[cH-]1.CCc1cc2c(-c3ccc(C(C)(C)C)cc3)cccc2[cH-]1.CCc1cc2c(-c3ccc(C(C)(C)C)cc3)cccc2[cH-]1.C[CH-]O.C[CH-]O.C[CH-]O.C[CH-]O.C[N-]C.C[N-]C.[CH3-].[CH3-].[CH3-].[CH3-].[Hf].[Hf].[Ti+4].[Zr+2]. The molecule has 0 bridgehead atoms. The normalized spacial score (nSPS) is 10.3. The summed E-state index contributed by atoms with van der Waals surface area (Å²) in [6, 6.07) is 78.1. The molecule has 0 radical (unpaired) electrons. The van der Waals surface area contributed by atoms with E-state index in [1.807, 2.05) is 0 Å². The molecule has 576 valence electrons. The van der Waals surface area contributed by atoms with Crippen LogP contribution in [0.3, 0.4) is 0 Å². The van der Waals surface area contributed by atoms with E-state index in [1.54, 1.807) is 55.9 Å². The number of benzene rings is 8. The van der Waals surface area contributed by atoms with Gasteiger partial charge < -0.3 is 60.8 Å². The minimum Gasteiger partial charge on any atom is -0.668 e. The fourth-order valence-corrected chi connectivity index (χ4v) is 11.4. The molecule has 0 heterocycles. The van der Waals surface area contributed by atoms with Crippen LogP contribution in [0, 0.1) is 62.2 Å². The number of hydrogen-bond donors (Lipinski definition) is 4. The van der Waals surface area contributed by atoms with Crippen LogP contribution in [0.5, 0.6) is 0 Å². The first-order chi connectivity index (χ1) is 47.3. The van der Waals surface area contributed by atoms with E-state index in [1.165, 1.54) is 140 Å². The van der Waals surface area contributed by atoms with Crippen molar-refractivity contribution in [3.8, 4) is 44.5 Å². The molecule has 10 heteroatoms. The zero-order valence-electron chi connectivity index (χ0n) is 69.9. The van der Waals surface area contributed by atoms with E-state index < -0.39 is 0 Å². The van der Waals surface area contributed by atoms with Crippen LogP contribution in [0.15, 0.2) is 218 Å². The Bertz CT molecular complexity index is 3880. The van der Waals surface area contributed by atoms with Gasteiger partial charge in [-0.05, 0) is 80.9 Å². The predicted molar refractivity (Wildman–Crippen MR) is 459 cm³/mol. The minimum absolute atomic E-state index is 0. The van der Waals surface area contributed by atoms with Crippen LogP contribution >= 0.6 is 0 Å². The minimum atomic E-state index is 0. The van der Waals surface area contributed by atoms with Gasteiger partial charge in [0.25, 0.3) is 0 Å². The second-order valence-corrected chi connectivity index (χ2v) is 27.3. The van der Waals surface area contributed by atoms with Crippen molar-refractivity contribution in [1.82, 2.24) is 0 Å². The Hall–Kier alpha value is -4.57. The maximum Gasteiger partial charge on any atom is 4.00 e. The Labute approximate surface area is 725 Å². The molecule has 107 heavy (non-hydrogen) atoms. The van der Waals surface area contributed by atoms with Crippen molar-refractivity contribution in [3.05, 3.63) is 335 Å². The van der Waals surface area contributed by atoms with Gasteiger partial charge in [0.15, 0.2) is 0 Å². The van der Waals surface area contributed by atoms with Crippen LogP contribution in [-0.2, 0) is 142 Å². The molecule has 6 nitrogen and oxygen atoms in total. The summed E-state index contributed by atoms with van der Waals surface area (Å²) in [5.74, 6) is 0. The topological polar surface area (TPSA) is 109 Å². The van der Waals surface area contributed by atoms with Crippen LogP contribution in [-0.4, -0.2) is 48.6 Å². The van der Waals surface area contributed by atoms with Crippen molar-refractivity contribution in [2.45, 2.75) is 172 Å². The Morgan fingerprint density at radius 1 is 0.383 bits per heavy atom. The molecule has 0 fully saturated rings. The third kappa shape index (κ3) is 37.1. The van der Waals surface area contributed by atoms with Gasteiger partial charge in [-0.2, -0.15) is 91.8 Å². The van der Waals surface area contributed by atoms with E-state index in [0.717, 1.165) is 52.1 Å². The van der Waals surface area contributed by atoms with E-state index in [2.05, 4.69) is 319 Å². The molecule has 0 amide bonds. The molecular formula is C97H130Hf2N2O4TiZr-8. The summed E-state index contributed by atoms with van der Waals surface area (Å²) in [5.41, 5.74) is 23.8. The summed E-state index contributed by atoms with van der Waals surface area (Å²) in [4.78, 5) is 0. The first-order valence-electron chi connectivity index (χ1n) is 35.1. The smallest absolute Gasteiger partial charge is 0.668 e.